The van der Waals surface area contributed by atoms with Crippen molar-refractivity contribution in [1.82, 2.24) is 4.90 Å². The van der Waals surface area contributed by atoms with Gasteiger partial charge in [-0.1, -0.05) is 43.3 Å². The van der Waals surface area contributed by atoms with Crippen LogP contribution < -0.4 is 5.32 Å². The molecule has 0 saturated carbocycles. The fraction of sp³-hybridized carbons (Fsp3) is 0.278. The number of carbonyl (C=O) groups excluding carboxylic acids is 1. The van der Waals surface area contributed by atoms with Gasteiger partial charge in [-0.15, -0.1) is 0 Å². The molecule has 0 aromatic heterocycles. The quantitative estimate of drug-likeness (QED) is 0.930. The number of rotatable bonds is 3. The fourth-order valence-corrected chi connectivity index (χ4v) is 2.98. The van der Waals surface area contributed by atoms with E-state index in [0.717, 1.165) is 25.3 Å². The third-order valence-corrected chi connectivity index (χ3v) is 4.04. The molecule has 2 aromatic carbocycles. The van der Waals surface area contributed by atoms with Gasteiger partial charge in [-0.2, -0.15) is 0 Å². The van der Waals surface area contributed by atoms with Crippen molar-refractivity contribution in [3.05, 3.63) is 53.6 Å². The maximum atomic E-state index is 11.4. The van der Waals surface area contributed by atoms with E-state index in [2.05, 4.69) is 47.5 Å². The zero-order valence-electron chi connectivity index (χ0n) is 12.5. The van der Waals surface area contributed by atoms with Crippen LogP contribution in [0.4, 0.5) is 5.69 Å². The van der Waals surface area contributed by atoms with Crippen LogP contribution in [-0.4, -0.2) is 17.4 Å². The molecule has 0 aliphatic carbocycles. The Bertz CT molecular complexity index is 664. The van der Waals surface area contributed by atoms with E-state index in [4.69, 9.17) is 0 Å². The number of benzene rings is 2. The predicted octanol–water partition coefficient (Wildman–Crippen LogP) is 3.65. The number of anilines is 1. The zero-order chi connectivity index (χ0) is 14.8. The van der Waals surface area contributed by atoms with Gasteiger partial charge in [0.1, 0.15) is 0 Å². The highest BCUT2D eigenvalue weighted by molar-refractivity contribution is 5.91. The van der Waals surface area contributed by atoms with Crippen molar-refractivity contribution in [3.8, 4) is 11.1 Å². The van der Waals surface area contributed by atoms with Crippen LogP contribution in [0.3, 0.4) is 0 Å². The minimum absolute atomic E-state index is 0.0143. The van der Waals surface area contributed by atoms with Gasteiger partial charge in [0.15, 0.2) is 0 Å². The molecule has 0 saturated heterocycles. The van der Waals surface area contributed by atoms with Crippen LogP contribution in [0.1, 0.15) is 25.0 Å². The smallest absolute Gasteiger partial charge is 0.221 e. The number of hydrogen-bond acceptors (Lipinski definition) is 2. The summed E-state index contributed by atoms with van der Waals surface area (Å²) in [4.78, 5) is 13.8. The first-order valence-electron chi connectivity index (χ1n) is 7.39. The van der Waals surface area contributed by atoms with Gasteiger partial charge in [-0.25, -0.2) is 0 Å². The van der Waals surface area contributed by atoms with Crippen LogP contribution in [0.2, 0.25) is 0 Å². The molecule has 1 N–H and O–H groups in total. The number of nitrogens with zero attached hydrogens (tertiary/aromatic N) is 1. The Morgan fingerprint density at radius 3 is 2.48 bits per heavy atom. The van der Waals surface area contributed by atoms with Gasteiger partial charge < -0.3 is 5.32 Å². The molecule has 3 nitrogen and oxygen atoms in total. The normalized spacial score (nSPS) is 14.0. The summed E-state index contributed by atoms with van der Waals surface area (Å²) in [6.45, 7) is 6.60. The molecule has 1 aliphatic rings. The molecule has 1 heterocycles. The Labute approximate surface area is 125 Å². The van der Waals surface area contributed by atoms with Crippen LogP contribution in [0.25, 0.3) is 11.1 Å². The van der Waals surface area contributed by atoms with E-state index in [9.17, 15) is 4.79 Å². The summed E-state index contributed by atoms with van der Waals surface area (Å²) in [6.07, 6.45) is 0. The van der Waals surface area contributed by atoms with Gasteiger partial charge in [0.25, 0.3) is 0 Å². The molecule has 0 atom stereocenters. The molecule has 0 bridgehead atoms. The van der Waals surface area contributed by atoms with Gasteiger partial charge >= 0.3 is 0 Å². The number of nitrogens with one attached hydrogen (secondary N) is 1. The van der Waals surface area contributed by atoms with E-state index in [0.29, 0.717) is 0 Å². The average Bonchev–Trinajstić information content (AvgIpc) is 2.92. The van der Waals surface area contributed by atoms with Crippen LogP contribution in [0, 0.1) is 0 Å². The van der Waals surface area contributed by atoms with E-state index in [1.165, 1.54) is 22.3 Å². The van der Waals surface area contributed by atoms with E-state index in [-0.39, 0.29) is 5.91 Å². The summed E-state index contributed by atoms with van der Waals surface area (Å²) in [5.41, 5.74) is 6.06. The van der Waals surface area contributed by atoms with Crippen molar-refractivity contribution >= 4 is 11.6 Å². The highest BCUT2D eigenvalue weighted by Crippen LogP contribution is 2.36. The van der Waals surface area contributed by atoms with Crippen molar-refractivity contribution in [3.63, 3.8) is 0 Å². The Morgan fingerprint density at radius 1 is 1.10 bits per heavy atom. The van der Waals surface area contributed by atoms with E-state index >= 15 is 0 Å². The summed E-state index contributed by atoms with van der Waals surface area (Å²) in [5.74, 6) is -0.0143. The van der Waals surface area contributed by atoms with Crippen molar-refractivity contribution in [1.29, 1.82) is 0 Å². The zero-order valence-corrected chi connectivity index (χ0v) is 12.5. The average molecular weight is 280 g/mol. The fourth-order valence-electron chi connectivity index (χ4n) is 2.98. The molecule has 0 fully saturated rings. The number of fused-ring (bicyclic) bond motifs is 1. The van der Waals surface area contributed by atoms with E-state index in [1.54, 1.807) is 6.92 Å². The minimum Gasteiger partial charge on any atom is -0.326 e. The van der Waals surface area contributed by atoms with Crippen molar-refractivity contribution in [2.75, 3.05) is 11.9 Å². The van der Waals surface area contributed by atoms with Gasteiger partial charge in [-0.3, -0.25) is 9.69 Å². The number of hydrogen-bond donors (Lipinski definition) is 1. The lowest BCUT2D eigenvalue weighted by molar-refractivity contribution is -0.114. The largest absolute Gasteiger partial charge is 0.326 e. The Hall–Kier alpha value is -2.13. The number of amides is 1. The Balaban J connectivity index is 2.09. The second-order valence-electron chi connectivity index (χ2n) is 5.47. The summed E-state index contributed by atoms with van der Waals surface area (Å²) < 4.78 is 0. The lowest BCUT2D eigenvalue weighted by atomic mass is 9.96. The van der Waals surface area contributed by atoms with Crippen molar-refractivity contribution in [2.24, 2.45) is 0 Å². The molecule has 2 aromatic rings. The van der Waals surface area contributed by atoms with Crippen LogP contribution >= 0.6 is 0 Å². The van der Waals surface area contributed by atoms with E-state index in [1.807, 2.05) is 12.1 Å². The highest BCUT2D eigenvalue weighted by Gasteiger charge is 2.24. The third kappa shape index (κ3) is 2.69. The maximum Gasteiger partial charge on any atom is 0.221 e. The molecule has 3 heteroatoms. The molecule has 0 unspecified atom stereocenters. The molecule has 0 radical (unpaired) electrons. The molecule has 0 spiro atoms. The predicted molar refractivity (Wildman–Crippen MR) is 86.0 cm³/mol. The van der Waals surface area contributed by atoms with Crippen LogP contribution in [0.15, 0.2) is 42.5 Å². The molecule has 1 amide bonds. The summed E-state index contributed by atoms with van der Waals surface area (Å²) in [6, 6.07) is 14.6. The molecular weight excluding hydrogens is 260 g/mol. The molecule has 21 heavy (non-hydrogen) atoms. The minimum atomic E-state index is -0.0143. The second kappa shape index (κ2) is 5.70. The lowest BCUT2D eigenvalue weighted by Crippen LogP contribution is -2.15. The van der Waals surface area contributed by atoms with Gasteiger partial charge in [-0.05, 0) is 34.9 Å². The standard InChI is InChI=1S/C18H20N2O/c1-3-20-11-16-15(14-7-5-4-6-8-14)9-10-18(17(16)12-20)19-13(2)21/h4-10H,3,11-12H2,1-2H3,(H,19,21). The number of carbonyl (C=O) groups is 1. The van der Waals surface area contributed by atoms with Gasteiger partial charge in [0, 0.05) is 25.7 Å². The first-order chi connectivity index (χ1) is 10.2. The Kier molecular flexibility index (Phi) is 3.76. The summed E-state index contributed by atoms with van der Waals surface area (Å²) >= 11 is 0. The summed E-state index contributed by atoms with van der Waals surface area (Å²) in [7, 11) is 0. The topological polar surface area (TPSA) is 32.3 Å². The first-order valence-corrected chi connectivity index (χ1v) is 7.39. The lowest BCUT2D eigenvalue weighted by Gasteiger charge is -2.13. The second-order valence-corrected chi connectivity index (χ2v) is 5.47. The van der Waals surface area contributed by atoms with Gasteiger partial charge in [0.2, 0.25) is 5.91 Å². The SMILES string of the molecule is CCN1Cc2c(NC(C)=O)ccc(-c3ccccc3)c2C1. The maximum absolute atomic E-state index is 11.4. The third-order valence-electron chi connectivity index (χ3n) is 4.04. The molecule has 1 aliphatic heterocycles. The van der Waals surface area contributed by atoms with Crippen LogP contribution in [0.5, 0.6) is 0 Å². The van der Waals surface area contributed by atoms with E-state index < -0.39 is 0 Å². The molecular formula is C18H20N2O. The van der Waals surface area contributed by atoms with Crippen molar-refractivity contribution < 1.29 is 4.79 Å². The highest BCUT2D eigenvalue weighted by atomic mass is 16.1. The van der Waals surface area contributed by atoms with Gasteiger partial charge in [0.05, 0.1) is 0 Å². The summed E-state index contributed by atoms with van der Waals surface area (Å²) in [5, 5.41) is 2.96. The monoisotopic (exact) mass is 280 g/mol. The molecule has 3 rings (SSSR count). The Morgan fingerprint density at radius 2 is 1.81 bits per heavy atom. The molecule has 108 valence electrons. The van der Waals surface area contributed by atoms with Crippen molar-refractivity contribution in [2.45, 2.75) is 26.9 Å². The van der Waals surface area contributed by atoms with Crippen LogP contribution in [-0.2, 0) is 17.9 Å². The first kappa shape index (κ1) is 13.8.